The van der Waals surface area contributed by atoms with Crippen molar-refractivity contribution in [2.45, 2.75) is 0 Å². The zero-order chi connectivity index (χ0) is 18.1. The van der Waals surface area contributed by atoms with Gasteiger partial charge in [0.2, 0.25) is 0 Å². The van der Waals surface area contributed by atoms with E-state index in [1.54, 1.807) is 11.3 Å². The van der Waals surface area contributed by atoms with Gasteiger partial charge in [-0.05, 0) is 22.6 Å². The molecule has 0 unspecified atom stereocenters. The van der Waals surface area contributed by atoms with E-state index in [1.807, 2.05) is 6.07 Å². The molecular formula is C25H17NS. The predicted molar refractivity (Wildman–Crippen MR) is 118 cm³/mol. The molecular weight excluding hydrogens is 346 g/mol. The summed E-state index contributed by atoms with van der Waals surface area (Å²) in [5.74, 6) is 0. The molecule has 5 aromatic rings. The average molecular weight is 363 g/mol. The van der Waals surface area contributed by atoms with Crippen molar-refractivity contribution in [2.24, 2.45) is 0 Å². The van der Waals surface area contributed by atoms with Gasteiger partial charge >= 0.3 is 0 Å². The Bertz CT molecular complexity index is 1270. The summed E-state index contributed by atoms with van der Waals surface area (Å²) in [6.45, 7) is 0. The van der Waals surface area contributed by atoms with Crippen LogP contribution in [0.15, 0.2) is 91.0 Å². The number of hydrogen-bond acceptors (Lipinski definition) is 2. The number of aromatic nitrogens is 1. The van der Waals surface area contributed by atoms with Crippen LogP contribution in [0.1, 0.15) is 11.1 Å². The highest BCUT2D eigenvalue weighted by Crippen LogP contribution is 2.35. The molecule has 1 heterocycles. The van der Waals surface area contributed by atoms with Gasteiger partial charge in [-0.1, -0.05) is 97.1 Å². The molecule has 5 rings (SSSR count). The normalized spacial score (nSPS) is 11.6. The highest BCUT2D eigenvalue weighted by molar-refractivity contribution is 7.21. The highest BCUT2D eigenvalue weighted by Gasteiger charge is 2.11. The Morgan fingerprint density at radius 2 is 1.44 bits per heavy atom. The fourth-order valence-corrected chi connectivity index (χ4v) is 4.39. The Balaban J connectivity index is 1.63. The van der Waals surface area contributed by atoms with E-state index in [0.717, 1.165) is 10.5 Å². The number of rotatable bonds is 3. The van der Waals surface area contributed by atoms with Crippen LogP contribution in [0.2, 0.25) is 0 Å². The van der Waals surface area contributed by atoms with Crippen LogP contribution in [0.4, 0.5) is 0 Å². The average Bonchev–Trinajstić information content (AvgIpc) is 3.18. The summed E-state index contributed by atoms with van der Waals surface area (Å²) in [6, 6.07) is 31.7. The summed E-state index contributed by atoms with van der Waals surface area (Å²) in [4.78, 5) is 5.01. The highest BCUT2D eigenvalue weighted by atomic mass is 32.1. The van der Waals surface area contributed by atoms with E-state index < -0.39 is 0 Å². The maximum Gasteiger partial charge on any atom is 0.125 e. The molecule has 27 heavy (non-hydrogen) atoms. The van der Waals surface area contributed by atoms with Crippen LogP contribution in [0.25, 0.3) is 43.7 Å². The number of benzene rings is 4. The smallest absolute Gasteiger partial charge is 0.125 e. The summed E-state index contributed by atoms with van der Waals surface area (Å²) in [6.07, 6.45) is 4.33. The molecule has 0 atom stereocenters. The summed E-state index contributed by atoms with van der Waals surface area (Å²) in [5, 5.41) is 3.52. The Labute approximate surface area is 162 Å². The third kappa shape index (κ3) is 3.05. The molecule has 0 N–H and O–H groups in total. The van der Waals surface area contributed by atoms with Crippen molar-refractivity contribution in [3.05, 3.63) is 102 Å². The van der Waals surface area contributed by atoms with E-state index in [9.17, 15) is 0 Å². The maximum absolute atomic E-state index is 5.01. The van der Waals surface area contributed by atoms with Gasteiger partial charge in [0.1, 0.15) is 5.01 Å². The first-order chi connectivity index (χ1) is 13.4. The third-order valence-corrected chi connectivity index (χ3v) is 5.78. The molecule has 0 aliphatic rings. The maximum atomic E-state index is 5.01. The predicted octanol–water partition coefficient (Wildman–Crippen LogP) is 7.29. The minimum Gasteiger partial charge on any atom is -0.235 e. The fourth-order valence-electron chi connectivity index (χ4n) is 3.36. The van der Waals surface area contributed by atoms with Gasteiger partial charge in [0, 0.05) is 10.9 Å². The minimum atomic E-state index is 1.06. The van der Waals surface area contributed by atoms with Crippen molar-refractivity contribution in [2.75, 3.05) is 0 Å². The Hall–Kier alpha value is -3.23. The van der Waals surface area contributed by atoms with Crippen LogP contribution in [-0.2, 0) is 0 Å². The van der Waals surface area contributed by atoms with E-state index >= 15 is 0 Å². The van der Waals surface area contributed by atoms with E-state index in [0.29, 0.717) is 0 Å². The van der Waals surface area contributed by atoms with Gasteiger partial charge in [0.15, 0.2) is 0 Å². The van der Waals surface area contributed by atoms with Gasteiger partial charge in [-0.25, -0.2) is 4.98 Å². The number of nitrogens with zero attached hydrogens (tertiary/aromatic N) is 1. The molecule has 4 aromatic carbocycles. The lowest BCUT2D eigenvalue weighted by Gasteiger charge is -2.02. The summed E-state index contributed by atoms with van der Waals surface area (Å²) in [5.41, 5.74) is 4.65. The topological polar surface area (TPSA) is 12.9 Å². The lowest BCUT2D eigenvalue weighted by atomic mass is 10.1. The van der Waals surface area contributed by atoms with Gasteiger partial charge in [-0.15, -0.1) is 11.3 Å². The van der Waals surface area contributed by atoms with Crippen molar-refractivity contribution >= 4 is 44.5 Å². The molecule has 1 nitrogen and oxygen atoms in total. The van der Waals surface area contributed by atoms with Crippen molar-refractivity contribution < 1.29 is 0 Å². The van der Waals surface area contributed by atoms with Crippen molar-refractivity contribution in [1.82, 2.24) is 4.98 Å². The molecule has 0 aliphatic carbocycles. The summed E-state index contributed by atoms with van der Waals surface area (Å²) < 4.78 is 1.23. The van der Waals surface area contributed by atoms with Crippen LogP contribution >= 0.6 is 11.3 Å². The fraction of sp³-hybridized carbons (Fsp3) is 0. The molecule has 0 saturated heterocycles. The second-order valence-electron chi connectivity index (χ2n) is 6.48. The number of thiazole rings is 1. The first-order valence-corrected chi connectivity index (χ1v) is 9.81. The van der Waals surface area contributed by atoms with Gasteiger partial charge in [-0.2, -0.15) is 0 Å². The van der Waals surface area contributed by atoms with Crippen molar-refractivity contribution in [3.63, 3.8) is 0 Å². The van der Waals surface area contributed by atoms with Crippen LogP contribution < -0.4 is 0 Å². The van der Waals surface area contributed by atoms with E-state index in [4.69, 9.17) is 4.98 Å². The van der Waals surface area contributed by atoms with Gasteiger partial charge in [0.25, 0.3) is 0 Å². The number of hydrogen-bond donors (Lipinski definition) is 0. The largest absolute Gasteiger partial charge is 0.235 e. The van der Waals surface area contributed by atoms with E-state index in [-0.39, 0.29) is 0 Å². The quantitative estimate of drug-likeness (QED) is 0.307. The molecule has 0 spiro atoms. The van der Waals surface area contributed by atoms with Crippen molar-refractivity contribution in [3.8, 4) is 10.6 Å². The zero-order valence-electron chi connectivity index (χ0n) is 14.7. The molecule has 128 valence electrons. The van der Waals surface area contributed by atoms with Gasteiger partial charge in [-0.3, -0.25) is 0 Å². The number of fused-ring (bicyclic) bond motifs is 3. The van der Waals surface area contributed by atoms with E-state index in [2.05, 4.69) is 97.1 Å². The van der Waals surface area contributed by atoms with Gasteiger partial charge < -0.3 is 0 Å². The molecule has 2 heteroatoms. The minimum absolute atomic E-state index is 1.06. The Morgan fingerprint density at radius 3 is 2.37 bits per heavy atom. The third-order valence-electron chi connectivity index (χ3n) is 4.73. The monoisotopic (exact) mass is 363 g/mol. The van der Waals surface area contributed by atoms with Crippen LogP contribution in [-0.4, -0.2) is 4.98 Å². The van der Waals surface area contributed by atoms with Gasteiger partial charge in [0.05, 0.1) is 10.2 Å². The van der Waals surface area contributed by atoms with Crippen molar-refractivity contribution in [1.29, 1.82) is 0 Å². The second kappa shape index (κ2) is 6.82. The molecule has 0 aliphatic heterocycles. The SMILES string of the molecule is C(=Cc1ccccc1-c1nc2c(ccc3ccccc32)s1)c1ccccc1. The first kappa shape index (κ1) is 16.0. The van der Waals surface area contributed by atoms with Crippen LogP contribution in [0.5, 0.6) is 0 Å². The Kier molecular flexibility index (Phi) is 4.04. The van der Waals surface area contributed by atoms with Crippen LogP contribution in [0.3, 0.4) is 0 Å². The molecule has 0 saturated carbocycles. The first-order valence-electron chi connectivity index (χ1n) is 8.99. The molecule has 0 radical (unpaired) electrons. The molecule has 0 amide bonds. The molecule has 0 bridgehead atoms. The summed E-state index contributed by atoms with van der Waals surface area (Å²) >= 11 is 1.76. The lowest BCUT2D eigenvalue weighted by molar-refractivity contribution is 1.48. The molecule has 0 fully saturated rings. The van der Waals surface area contributed by atoms with E-state index in [1.165, 1.54) is 32.2 Å². The summed E-state index contributed by atoms with van der Waals surface area (Å²) in [7, 11) is 0. The Morgan fingerprint density at radius 1 is 0.667 bits per heavy atom. The second-order valence-corrected chi connectivity index (χ2v) is 7.51. The lowest BCUT2D eigenvalue weighted by Crippen LogP contribution is -1.82. The standard InChI is InChI=1S/C25H17NS/c1-2-8-18(9-3-1)14-15-20-11-5-7-13-22(20)25-26-24-21-12-6-4-10-19(21)16-17-23(24)27-25/h1-17H. The van der Waals surface area contributed by atoms with Crippen LogP contribution in [0, 0.1) is 0 Å². The molecule has 1 aromatic heterocycles. The zero-order valence-corrected chi connectivity index (χ0v) is 15.5.